The summed E-state index contributed by atoms with van der Waals surface area (Å²) in [4.78, 5) is 12.6. The van der Waals surface area contributed by atoms with Crippen molar-refractivity contribution in [1.29, 1.82) is 0 Å². The van der Waals surface area contributed by atoms with Crippen molar-refractivity contribution in [3.63, 3.8) is 0 Å². The molecule has 5 nitrogen and oxygen atoms in total. The largest absolute Gasteiger partial charge is 0.354 e. The molecule has 2 aromatic rings. The Morgan fingerprint density at radius 2 is 1.73 bits per heavy atom. The summed E-state index contributed by atoms with van der Waals surface area (Å²) < 4.78 is 38.6. The van der Waals surface area contributed by atoms with Crippen LogP contribution in [0.5, 0.6) is 0 Å². The summed E-state index contributed by atoms with van der Waals surface area (Å²) in [6.07, 6.45) is 1.96. The number of anilines is 1. The van der Waals surface area contributed by atoms with Gasteiger partial charge in [-0.05, 0) is 42.7 Å². The van der Waals surface area contributed by atoms with Crippen molar-refractivity contribution < 1.29 is 17.6 Å². The lowest BCUT2D eigenvalue weighted by molar-refractivity contribution is -0.122. The monoisotopic (exact) mass is 378 g/mol. The van der Waals surface area contributed by atoms with Crippen molar-refractivity contribution in [3.8, 4) is 0 Å². The molecular formula is C19H23FN2O3S. The summed E-state index contributed by atoms with van der Waals surface area (Å²) in [7, 11) is -3.63. The maximum Gasteiger partial charge on any atom is 0.243 e. The molecule has 0 aliphatic carbocycles. The second-order valence-corrected chi connectivity index (χ2v) is 7.85. The van der Waals surface area contributed by atoms with Crippen LogP contribution < -0.4 is 9.62 Å². The number of nitrogens with one attached hydrogen (secondary N) is 1. The lowest BCUT2D eigenvalue weighted by Crippen LogP contribution is -2.49. The second kappa shape index (κ2) is 8.80. The number of nitrogens with zero attached hydrogens (tertiary/aromatic N) is 1. The number of benzene rings is 2. The van der Waals surface area contributed by atoms with Gasteiger partial charge in [0, 0.05) is 6.54 Å². The van der Waals surface area contributed by atoms with Gasteiger partial charge in [-0.1, -0.05) is 37.3 Å². The van der Waals surface area contributed by atoms with Crippen molar-refractivity contribution >= 4 is 21.6 Å². The molecule has 0 radical (unpaired) electrons. The minimum atomic E-state index is -3.63. The highest BCUT2D eigenvalue weighted by Crippen LogP contribution is 2.21. The van der Waals surface area contributed by atoms with Gasteiger partial charge in [0.25, 0.3) is 0 Å². The van der Waals surface area contributed by atoms with Gasteiger partial charge >= 0.3 is 0 Å². The molecule has 2 rings (SSSR count). The van der Waals surface area contributed by atoms with Gasteiger partial charge in [-0.25, -0.2) is 12.8 Å². The Morgan fingerprint density at radius 3 is 2.27 bits per heavy atom. The van der Waals surface area contributed by atoms with Crippen LogP contribution in [0.1, 0.15) is 18.9 Å². The number of carbonyl (C=O) groups is 1. The van der Waals surface area contributed by atoms with Gasteiger partial charge in [-0.15, -0.1) is 0 Å². The smallest absolute Gasteiger partial charge is 0.243 e. The number of rotatable bonds is 8. The Kier molecular flexibility index (Phi) is 6.74. The van der Waals surface area contributed by atoms with E-state index < -0.39 is 16.1 Å². The molecule has 140 valence electrons. The van der Waals surface area contributed by atoms with E-state index in [-0.39, 0.29) is 11.7 Å². The molecule has 0 aliphatic rings. The van der Waals surface area contributed by atoms with Gasteiger partial charge in [-0.2, -0.15) is 0 Å². The third-order valence-corrected chi connectivity index (χ3v) is 5.15. The summed E-state index contributed by atoms with van der Waals surface area (Å²) in [5, 5.41) is 2.78. The highest BCUT2D eigenvalue weighted by atomic mass is 32.2. The van der Waals surface area contributed by atoms with E-state index in [0.717, 1.165) is 16.1 Å². The first-order valence-electron chi connectivity index (χ1n) is 8.39. The van der Waals surface area contributed by atoms with Gasteiger partial charge in [0.15, 0.2) is 0 Å². The van der Waals surface area contributed by atoms with Crippen molar-refractivity contribution in [2.75, 3.05) is 17.1 Å². The first kappa shape index (κ1) is 19.9. The highest BCUT2D eigenvalue weighted by molar-refractivity contribution is 7.92. The zero-order valence-electron chi connectivity index (χ0n) is 14.9. The van der Waals surface area contributed by atoms with Crippen LogP contribution in [-0.2, 0) is 21.2 Å². The van der Waals surface area contributed by atoms with Crippen molar-refractivity contribution in [2.24, 2.45) is 0 Å². The Balaban J connectivity index is 2.09. The molecule has 0 saturated heterocycles. The fourth-order valence-electron chi connectivity index (χ4n) is 2.73. The highest BCUT2D eigenvalue weighted by Gasteiger charge is 2.31. The van der Waals surface area contributed by atoms with E-state index in [0.29, 0.717) is 25.1 Å². The fraction of sp³-hybridized carbons (Fsp3) is 0.316. The summed E-state index contributed by atoms with van der Waals surface area (Å²) in [5.41, 5.74) is 1.35. The lowest BCUT2D eigenvalue weighted by atomic mass is 10.1. The van der Waals surface area contributed by atoms with Crippen LogP contribution in [0, 0.1) is 5.82 Å². The van der Waals surface area contributed by atoms with E-state index in [4.69, 9.17) is 0 Å². The summed E-state index contributed by atoms with van der Waals surface area (Å²) in [5.74, 6) is -0.667. The molecule has 1 atom stereocenters. The Hall–Kier alpha value is -2.41. The van der Waals surface area contributed by atoms with Crippen LogP contribution in [0.2, 0.25) is 0 Å². The van der Waals surface area contributed by atoms with E-state index in [1.165, 1.54) is 12.1 Å². The van der Waals surface area contributed by atoms with Crippen LogP contribution in [0.3, 0.4) is 0 Å². The molecule has 7 heteroatoms. The van der Waals surface area contributed by atoms with Crippen LogP contribution in [0.4, 0.5) is 10.1 Å². The van der Waals surface area contributed by atoms with Gasteiger partial charge in [0.05, 0.1) is 11.9 Å². The maximum absolute atomic E-state index is 12.9. The summed E-state index contributed by atoms with van der Waals surface area (Å²) in [6, 6.07) is 13.8. The minimum Gasteiger partial charge on any atom is -0.354 e. The maximum atomic E-state index is 12.9. The predicted molar refractivity (Wildman–Crippen MR) is 101 cm³/mol. The Morgan fingerprint density at radius 1 is 1.12 bits per heavy atom. The van der Waals surface area contributed by atoms with Gasteiger partial charge in [0.2, 0.25) is 15.9 Å². The number of carbonyl (C=O) groups excluding carboxylic acids is 1. The van der Waals surface area contributed by atoms with Crippen molar-refractivity contribution in [1.82, 2.24) is 5.32 Å². The number of hydrogen-bond donors (Lipinski definition) is 1. The van der Waals surface area contributed by atoms with Crippen LogP contribution >= 0.6 is 0 Å². The normalized spacial score (nSPS) is 12.4. The molecule has 1 amide bonds. The average Bonchev–Trinajstić information content (AvgIpc) is 2.60. The average molecular weight is 378 g/mol. The van der Waals surface area contributed by atoms with Crippen LogP contribution in [-0.4, -0.2) is 33.2 Å². The Labute approximate surface area is 153 Å². The molecule has 2 aromatic carbocycles. The standard InChI is InChI=1S/C19H23FN2O3S/c1-3-18(22(26(2,24)25)17-7-5-4-6-8-17)19(23)21-14-13-15-9-11-16(20)12-10-15/h4-12,18H,3,13-14H2,1-2H3,(H,21,23)/t18-/m0/s1. The van der Waals surface area contributed by atoms with Crippen LogP contribution in [0.25, 0.3) is 0 Å². The predicted octanol–water partition coefficient (Wildman–Crippen LogP) is 2.73. The Bertz CT molecular complexity index is 824. The molecular weight excluding hydrogens is 355 g/mol. The SMILES string of the molecule is CC[C@@H](C(=O)NCCc1ccc(F)cc1)N(c1ccccc1)S(C)(=O)=O. The molecule has 1 N–H and O–H groups in total. The fourth-order valence-corrected chi connectivity index (χ4v) is 3.95. The third-order valence-electron chi connectivity index (χ3n) is 3.97. The van der Waals surface area contributed by atoms with Gasteiger partial charge in [-0.3, -0.25) is 9.10 Å². The first-order valence-corrected chi connectivity index (χ1v) is 10.2. The van der Waals surface area contributed by atoms with E-state index in [2.05, 4.69) is 5.32 Å². The zero-order chi connectivity index (χ0) is 19.2. The van der Waals surface area contributed by atoms with Crippen molar-refractivity contribution in [3.05, 3.63) is 66.0 Å². The first-order chi connectivity index (χ1) is 12.3. The quantitative estimate of drug-likeness (QED) is 0.768. The number of halogens is 1. The van der Waals surface area contributed by atoms with Crippen molar-refractivity contribution in [2.45, 2.75) is 25.8 Å². The lowest BCUT2D eigenvalue weighted by Gasteiger charge is -2.30. The van der Waals surface area contributed by atoms with Gasteiger partial charge < -0.3 is 5.32 Å². The number of para-hydroxylation sites is 1. The molecule has 0 aromatic heterocycles. The molecule has 0 bridgehead atoms. The van der Waals surface area contributed by atoms with E-state index >= 15 is 0 Å². The second-order valence-electron chi connectivity index (χ2n) is 5.99. The molecule has 0 heterocycles. The number of sulfonamides is 1. The molecule has 0 saturated carbocycles. The zero-order valence-corrected chi connectivity index (χ0v) is 15.7. The topological polar surface area (TPSA) is 66.5 Å². The van der Waals surface area contributed by atoms with E-state index in [1.54, 1.807) is 49.4 Å². The van der Waals surface area contributed by atoms with Gasteiger partial charge in [0.1, 0.15) is 11.9 Å². The molecule has 26 heavy (non-hydrogen) atoms. The van der Waals surface area contributed by atoms with E-state index in [1.807, 2.05) is 0 Å². The summed E-state index contributed by atoms with van der Waals surface area (Å²) >= 11 is 0. The molecule has 0 aliphatic heterocycles. The number of amides is 1. The molecule has 0 spiro atoms. The molecule has 0 unspecified atom stereocenters. The number of hydrogen-bond acceptors (Lipinski definition) is 3. The summed E-state index contributed by atoms with van der Waals surface area (Å²) in [6.45, 7) is 2.11. The molecule has 0 fully saturated rings. The minimum absolute atomic E-state index is 0.310. The third kappa shape index (κ3) is 5.29. The van der Waals surface area contributed by atoms with Crippen LogP contribution in [0.15, 0.2) is 54.6 Å². The van der Waals surface area contributed by atoms with E-state index in [9.17, 15) is 17.6 Å².